The summed E-state index contributed by atoms with van der Waals surface area (Å²) in [7, 11) is -9.39. The first kappa shape index (κ1) is 23.2. The van der Waals surface area contributed by atoms with Crippen LogP contribution in [0, 0.1) is 20.5 Å². The van der Waals surface area contributed by atoms with Crippen LogP contribution in [0.4, 0.5) is 0 Å². The minimum atomic E-state index is -4.69. The average Bonchev–Trinajstić information content (AvgIpc) is 1.12. The monoisotopic (exact) mass is 240 g/mol. The fraction of sp³-hybridized carbons (Fsp3) is 0. The van der Waals surface area contributed by atoms with Crippen LogP contribution in [0.2, 0.25) is 0 Å². The first-order valence-electron chi connectivity index (χ1n) is 1.26. The second-order valence-corrected chi connectivity index (χ2v) is 2.38. The van der Waals surface area contributed by atoms with Crippen molar-refractivity contribution in [3.05, 3.63) is 0 Å². The normalized spacial score (nSPS) is 10.0. The summed E-state index contributed by atoms with van der Waals surface area (Å²) >= 11 is 0. The molecule has 12 heteroatoms. The lowest BCUT2D eigenvalue weighted by Crippen LogP contribution is -2.58. The molecular weight excluding hydrogens is 234 g/mol. The van der Waals surface area contributed by atoms with Gasteiger partial charge in [0.05, 0.1) is 38.2 Å². The van der Waals surface area contributed by atoms with Crippen LogP contribution in [0.15, 0.2) is 0 Å². The third kappa shape index (κ3) is 949. The Kier molecular flexibility index (Phi) is 16.7. The van der Waals surface area contributed by atoms with E-state index < -0.39 is 20.5 Å². The van der Waals surface area contributed by atoms with Gasteiger partial charge in [0.2, 0.25) is 0 Å². The molecule has 2 N–H and O–H groups in total. The van der Waals surface area contributed by atoms with E-state index in [0.717, 1.165) is 0 Å². The Bertz CT molecular complexity index is 60.0. The van der Waals surface area contributed by atoms with Crippen LogP contribution in [0.25, 0.3) is 0 Å². The third-order valence-electron chi connectivity index (χ3n) is 0. The molecule has 0 aromatic heterocycles. The molecule has 0 aliphatic rings. The first-order chi connectivity index (χ1) is 4.00. The molecule has 0 spiro atoms. The Balaban J connectivity index is -0.0000000457. The van der Waals surface area contributed by atoms with Crippen molar-refractivity contribution in [3.63, 3.8) is 0 Å². The summed E-state index contributed by atoms with van der Waals surface area (Å²) < 4.78 is 65.4. The second-order valence-electron chi connectivity index (χ2n) is 0.792. The highest BCUT2D eigenvalue weighted by Crippen LogP contribution is 1.61. The summed E-state index contributed by atoms with van der Waals surface area (Å²) in [5, 5.41) is 0. The molecule has 0 atom stereocenters. The van der Waals surface area contributed by atoms with Gasteiger partial charge in [-0.05, 0) is 0 Å². The van der Waals surface area contributed by atoms with Crippen LogP contribution in [-0.4, -0.2) is 40.8 Å². The molecule has 0 aliphatic heterocycles. The Morgan fingerprint density at radius 3 is 0.667 bits per heavy atom. The minimum Gasteiger partial charge on any atom is -0.183 e. The highest BCUT2D eigenvalue weighted by molar-refractivity contribution is 5.76. The lowest BCUT2D eigenvalue weighted by Gasteiger charge is -2.03. The number of halogens is 2. The van der Waals surface area contributed by atoms with E-state index >= 15 is 0 Å². The van der Waals surface area contributed by atoms with E-state index in [0.29, 0.717) is 0 Å². The predicted molar refractivity (Wildman–Crippen MR) is 22.9 cm³/mol. The van der Waals surface area contributed by atoms with Crippen LogP contribution in [0.5, 0.6) is 0 Å². The van der Waals surface area contributed by atoms with Crippen molar-refractivity contribution >= 4 is 31.5 Å². The zero-order valence-corrected chi connectivity index (χ0v) is 5.61. The highest BCUT2D eigenvalue weighted by atomic mass is 35.7. The van der Waals surface area contributed by atoms with E-state index in [1.807, 2.05) is 0 Å². The van der Waals surface area contributed by atoms with Gasteiger partial charge in [-0.3, -0.25) is 0 Å². The number of hydrogen-bond donors (Lipinski definition) is 2. The molecular formula is H7BCl2MgO8. The molecule has 74 valence electrons. The standard InChI is InChI=1S/BH3.2ClHO4.Mg.2H/c;2*2-1(3,4)5;;;/h1H3;2*(H,2,3,4,5);;;. The van der Waals surface area contributed by atoms with Gasteiger partial charge in [0, 0.05) is 0 Å². The van der Waals surface area contributed by atoms with Crippen molar-refractivity contribution in [2.45, 2.75) is 0 Å². The van der Waals surface area contributed by atoms with Gasteiger partial charge in [-0.25, -0.2) is 0 Å². The van der Waals surface area contributed by atoms with Crippen molar-refractivity contribution in [2.24, 2.45) is 0 Å². The summed E-state index contributed by atoms with van der Waals surface area (Å²) in [5.41, 5.74) is 0. The van der Waals surface area contributed by atoms with E-state index in [9.17, 15) is 0 Å². The Labute approximate surface area is 89.2 Å². The largest absolute Gasteiger partial charge is 0.316 e. The Hall–Kier alpha value is 1.09. The van der Waals surface area contributed by atoms with Gasteiger partial charge < -0.3 is 0 Å². The number of hydrogen-bond acceptors (Lipinski definition) is 8. The summed E-state index contributed by atoms with van der Waals surface area (Å²) in [6.07, 6.45) is 0. The summed E-state index contributed by atoms with van der Waals surface area (Å²) in [4.78, 5) is 0. The van der Waals surface area contributed by atoms with Crippen LogP contribution < -0.4 is 28.0 Å². The lowest BCUT2D eigenvalue weighted by atomic mass is 10.8. The fourth-order valence-corrected chi connectivity index (χ4v) is 0. The third-order valence-corrected chi connectivity index (χ3v) is 0. The Morgan fingerprint density at radius 1 is 0.667 bits per heavy atom. The molecule has 0 aromatic carbocycles. The minimum absolute atomic E-state index is 0. The van der Waals surface area contributed by atoms with Gasteiger partial charge in [0.1, 0.15) is 0 Å². The first-order valence-corrected chi connectivity index (χ1v) is 3.79. The van der Waals surface area contributed by atoms with Gasteiger partial charge >= 0.3 is 23.1 Å². The van der Waals surface area contributed by atoms with Crippen molar-refractivity contribution in [1.29, 1.82) is 0 Å². The fourth-order valence-electron chi connectivity index (χ4n) is 0. The Morgan fingerprint density at radius 2 is 0.667 bits per heavy atom. The van der Waals surface area contributed by atoms with Crippen molar-refractivity contribution in [2.75, 3.05) is 0 Å². The molecule has 8 nitrogen and oxygen atoms in total. The van der Waals surface area contributed by atoms with Crippen molar-refractivity contribution < 1.29 is 57.8 Å². The van der Waals surface area contributed by atoms with E-state index in [-0.39, 0.29) is 31.5 Å². The van der Waals surface area contributed by atoms with Crippen LogP contribution in [0.1, 0.15) is 0 Å². The molecule has 0 bridgehead atoms. The van der Waals surface area contributed by atoms with Crippen LogP contribution >= 0.6 is 0 Å². The maximum Gasteiger partial charge on any atom is 0.316 e. The van der Waals surface area contributed by atoms with Gasteiger partial charge in [-0.1, -0.05) is 0 Å². The molecule has 0 amide bonds. The molecule has 0 radical (unpaired) electrons. The molecule has 12 heavy (non-hydrogen) atoms. The van der Waals surface area contributed by atoms with E-state index in [2.05, 4.69) is 0 Å². The molecule has 0 aliphatic carbocycles. The van der Waals surface area contributed by atoms with E-state index in [1.165, 1.54) is 0 Å². The second kappa shape index (κ2) is 8.68. The maximum atomic E-state index is 8.60. The van der Waals surface area contributed by atoms with Crippen molar-refractivity contribution in [3.8, 4) is 0 Å². The molecule has 0 fully saturated rings. The molecule has 0 saturated heterocycles. The maximum absolute atomic E-state index is 8.60. The van der Waals surface area contributed by atoms with E-state index in [4.69, 9.17) is 37.3 Å². The van der Waals surface area contributed by atoms with Crippen molar-refractivity contribution in [1.82, 2.24) is 0 Å². The molecule has 0 aromatic rings. The SMILES string of the molecule is B.[MgH2].[O-][Cl+3]([O-])([O-])O.[O-][Cl+3]([O-])([O-])O. The van der Waals surface area contributed by atoms with Crippen LogP contribution in [0.3, 0.4) is 0 Å². The van der Waals surface area contributed by atoms with Crippen LogP contribution in [-0.2, 0) is 0 Å². The highest BCUT2D eigenvalue weighted by Gasteiger charge is 1.99. The molecule has 0 saturated carbocycles. The zero-order chi connectivity index (χ0) is 9.00. The topological polar surface area (TPSA) is 179 Å². The predicted octanol–water partition coefficient (Wildman–Crippen LogP) is -10.3. The smallest absolute Gasteiger partial charge is 0.183 e. The quantitative estimate of drug-likeness (QED) is 0.392. The zero-order valence-electron chi connectivity index (χ0n) is 4.10. The molecule has 0 unspecified atom stereocenters. The molecule has 0 heterocycles. The lowest BCUT2D eigenvalue weighted by molar-refractivity contribution is -1.92. The van der Waals surface area contributed by atoms with Gasteiger partial charge in [-0.2, -0.15) is 28.0 Å². The number of rotatable bonds is 0. The average molecular weight is 241 g/mol. The van der Waals surface area contributed by atoms with Gasteiger partial charge in [0.15, 0.2) is 0 Å². The van der Waals surface area contributed by atoms with E-state index in [1.54, 1.807) is 0 Å². The molecule has 0 rings (SSSR count). The summed E-state index contributed by atoms with van der Waals surface area (Å²) in [5.74, 6) is 0. The van der Waals surface area contributed by atoms with Gasteiger partial charge in [0.25, 0.3) is 0 Å². The summed E-state index contributed by atoms with van der Waals surface area (Å²) in [6, 6.07) is 0. The van der Waals surface area contributed by atoms with Gasteiger partial charge in [-0.15, -0.1) is 0 Å². The summed E-state index contributed by atoms with van der Waals surface area (Å²) in [6.45, 7) is 0.